The number of carbonyl (C=O) groups is 1. The van der Waals surface area contributed by atoms with Gasteiger partial charge in [0.2, 0.25) is 5.91 Å². The number of benzene rings is 1. The van der Waals surface area contributed by atoms with Gasteiger partial charge < -0.3 is 15.1 Å². The summed E-state index contributed by atoms with van der Waals surface area (Å²) < 4.78 is 5.19. The van der Waals surface area contributed by atoms with Crippen LogP contribution < -0.4 is 10.6 Å². The van der Waals surface area contributed by atoms with Crippen molar-refractivity contribution in [2.45, 2.75) is 26.3 Å². The van der Waals surface area contributed by atoms with Gasteiger partial charge in [-0.2, -0.15) is 0 Å². The fourth-order valence-electron chi connectivity index (χ4n) is 2.02. The van der Waals surface area contributed by atoms with E-state index in [0.29, 0.717) is 12.5 Å². The Labute approximate surface area is 119 Å². The minimum absolute atomic E-state index is 0.0512. The first-order valence-corrected chi connectivity index (χ1v) is 6.78. The zero-order valence-corrected chi connectivity index (χ0v) is 11.8. The molecule has 4 heteroatoms. The molecule has 0 radical (unpaired) electrons. The SMILES string of the molecule is CC(C)c1ccccc1NC(=O)CNCc1ccco1. The van der Waals surface area contributed by atoms with E-state index in [2.05, 4.69) is 24.5 Å². The minimum Gasteiger partial charge on any atom is -0.468 e. The largest absolute Gasteiger partial charge is 0.468 e. The smallest absolute Gasteiger partial charge is 0.238 e. The summed E-state index contributed by atoms with van der Waals surface area (Å²) in [5.74, 6) is 1.15. The fourth-order valence-corrected chi connectivity index (χ4v) is 2.02. The van der Waals surface area contributed by atoms with Gasteiger partial charge in [-0.1, -0.05) is 32.0 Å². The van der Waals surface area contributed by atoms with Crippen LogP contribution in [-0.2, 0) is 11.3 Å². The van der Waals surface area contributed by atoms with Crippen molar-refractivity contribution in [3.8, 4) is 0 Å². The van der Waals surface area contributed by atoms with Gasteiger partial charge in [0.05, 0.1) is 19.4 Å². The van der Waals surface area contributed by atoms with Crippen molar-refractivity contribution in [1.29, 1.82) is 0 Å². The third-order valence-electron chi connectivity index (χ3n) is 3.02. The molecule has 0 saturated heterocycles. The lowest BCUT2D eigenvalue weighted by Crippen LogP contribution is -2.28. The second kappa shape index (κ2) is 6.91. The van der Waals surface area contributed by atoms with Crippen molar-refractivity contribution < 1.29 is 9.21 Å². The Bertz CT molecular complexity index is 547. The molecule has 2 aromatic rings. The zero-order chi connectivity index (χ0) is 14.4. The molecule has 0 aliphatic rings. The van der Waals surface area contributed by atoms with E-state index >= 15 is 0 Å². The number of para-hydroxylation sites is 1. The van der Waals surface area contributed by atoms with Gasteiger partial charge in [0.15, 0.2) is 0 Å². The van der Waals surface area contributed by atoms with Gasteiger partial charge in [0.1, 0.15) is 5.76 Å². The van der Waals surface area contributed by atoms with Crippen molar-refractivity contribution in [3.05, 3.63) is 54.0 Å². The predicted molar refractivity (Wildman–Crippen MR) is 79.6 cm³/mol. The van der Waals surface area contributed by atoms with Crippen LogP contribution in [0, 0.1) is 0 Å². The third-order valence-corrected chi connectivity index (χ3v) is 3.02. The molecule has 20 heavy (non-hydrogen) atoms. The zero-order valence-electron chi connectivity index (χ0n) is 11.8. The van der Waals surface area contributed by atoms with E-state index in [9.17, 15) is 4.79 Å². The van der Waals surface area contributed by atoms with E-state index in [0.717, 1.165) is 17.0 Å². The number of nitrogens with one attached hydrogen (secondary N) is 2. The maximum atomic E-state index is 11.9. The summed E-state index contributed by atoms with van der Waals surface area (Å²) in [6.07, 6.45) is 1.62. The Morgan fingerprint density at radius 1 is 1.20 bits per heavy atom. The highest BCUT2D eigenvalue weighted by Gasteiger charge is 2.08. The lowest BCUT2D eigenvalue weighted by molar-refractivity contribution is -0.115. The van der Waals surface area contributed by atoms with Crippen LogP contribution in [-0.4, -0.2) is 12.5 Å². The van der Waals surface area contributed by atoms with Crippen LogP contribution in [0.25, 0.3) is 0 Å². The van der Waals surface area contributed by atoms with Crippen LogP contribution in [0.5, 0.6) is 0 Å². The first kappa shape index (κ1) is 14.3. The highest BCUT2D eigenvalue weighted by Crippen LogP contribution is 2.23. The molecule has 0 aliphatic carbocycles. The average Bonchev–Trinajstić information content (AvgIpc) is 2.92. The van der Waals surface area contributed by atoms with Crippen molar-refractivity contribution in [1.82, 2.24) is 5.32 Å². The Kier molecular flexibility index (Phi) is 4.96. The monoisotopic (exact) mass is 272 g/mol. The number of carbonyl (C=O) groups excluding carboxylic acids is 1. The molecule has 2 rings (SSSR count). The second-order valence-electron chi connectivity index (χ2n) is 4.97. The quantitative estimate of drug-likeness (QED) is 0.849. The van der Waals surface area contributed by atoms with Gasteiger partial charge in [-0.15, -0.1) is 0 Å². The van der Waals surface area contributed by atoms with Crippen LogP contribution in [0.4, 0.5) is 5.69 Å². The van der Waals surface area contributed by atoms with Gasteiger partial charge in [0.25, 0.3) is 0 Å². The maximum absolute atomic E-state index is 11.9. The molecule has 0 bridgehead atoms. The van der Waals surface area contributed by atoms with Crippen LogP contribution in [0.15, 0.2) is 47.1 Å². The van der Waals surface area contributed by atoms with E-state index in [1.807, 2.05) is 36.4 Å². The summed E-state index contributed by atoms with van der Waals surface area (Å²) in [7, 11) is 0. The lowest BCUT2D eigenvalue weighted by Gasteiger charge is -2.13. The Morgan fingerprint density at radius 3 is 2.70 bits per heavy atom. The van der Waals surface area contributed by atoms with Crippen LogP contribution in [0.1, 0.15) is 31.1 Å². The summed E-state index contributed by atoms with van der Waals surface area (Å²) in [5, 5.41) is 5.99. The van der Waals surface area contributed by atoms with Crippen molar-refractivity contribution in [2.24, 2.45) is 0 Å². The van der Waals surface area contributed by atoms with Crippen LogP contribution in [0.3, 0.4) is 0 Å². The van der Waals surface area contributed by atoms with Gasteiger partial charge in [-0.25, -0.2) is 0 Å². The summed E-state index contributed by atoms with van der Waals surface area (Å²) in [5.41, 5.74) is 2.03. The molecule has 0 saturated carbocycles. The van der Waals surface area contributed by atoms with Gasteiger partial charge in [-0.3, -0.25) is 4.79 Å². The maximum Gasteiger partial charge on any atom is 0.238 e. The molecular weight excluding hydrogens is 252 g/mol. The molecule has 1 amide bonds. The molecule has 106 valence electrons. The predicted octanol–water partition coefficient (Wildman–Crippen LogP) is 3.13. The molecule has 2 N–H and O–H groups in total. The Hall–Kier alpha value is -2.07. The Morgan fingerprint density at radius 2 is 2.00 bits per heavy atom. The molecule has 4 nitrogen and oxygen atoms in total. The summed E-state index contributed by atoms with van der Waals surface area (Å²) in [4.78, 5) is 11.9. The van der Waals surface area contributed by atoms with E-state index in [1.165, 1.54) is 0 Å². The number of rotatable bonds is 6. The molecule has 0 spiro atoms. The van der Waals surface area contributed by atoms with E-state index in [1.54, 1.807) is 6.26 Å². The summed E-state index contributed by atoms with van der Waals surface area (Å²) in [6.45, 7) is 5.03. The standard InChI is InChI=1S/C16H20N2O2/c1-12(2)14-7-3-4-8-15(14)18-16(19)11-17-10-13-6-5-9-20-13/h3-9,12,17H,10-11H2,1-2H3,(H,18,19). The van der Waals surface area contributed by atoms with E-state index in [-0.39, 0.29) is 12.5 Å². The molecule has 0 atom stereocenters. The normalized spacial score (nSPS) is 10.8. The highest BCUT2D eigenvalue weighted by atomic mass is 16.3. The molecule has 0 aliphatic heterocycles. The van der Waals surface area contributed by atoms with Gasteiger partial charge >= 0.3 is 0 Å². The molecule has 0 unspecified atom stereocenters. The van der Waals surface area contributed by atoms with Gasteiger partial charge in [-0.05, 0) is 29.7 Å². The topological polar surface area (TPSA) is 54.3 Å². The number of hydrogen-bond acceptors (Lipinski definition) is 3. The highest BCUT2D eigenvalue weighted by molar-refractivity contribution is 5.93. The molecular formula is C16H20N2O2. The number of anilines is 1. The molecule has 0 fully saturated rings. The molecule has 1 heterocycles. The first-order valence-electron chi connectivity index (χ1n) is 6.78. The lowest BCUT2D eigenvalue weighted by atomic mass is 10.0. The fraction of sp³-hybridized carbons (Fsp3) is 0.312. The summed E-state index contributed by atoms with van der Waals surface area (Å²) in [6, 6.07) is 11.6. The molecule has 1 aromatic carbocycles. The van der Waals surface area contributed by atoms with Gasteiger partial charge in [0, 0.05) is 5.69 Å². The molecule has 1 aromatic heterocycles. The van der Waals surface area contributed by atoms with Crippen molar-refractivity contribution >= 4 is 11.6 Å². The van der Waals surface area contributed by atoms with E-state index < -0.39 is 0 Å². The van der Waals surface area contributed by atoms with Crippen LogP contribution in [0.2, 0.25) is 0 Å². The number of furan rings is 1. The minimum atomic E-state index is -0.0512. The van der Waals surface area contributed by atoms with Crippen LogP contribution >= 0.6 is 0 Å². The van der Waals surface area contributed by atoms with Crippen molar-refractivity contribution in [3.63, 3.8) is 0 Å². The second-order valence-corrected chi connectivity index (χ2v) is 4.97. The average molecular weight is 272 g/mol. The number of amides is 1. The summed E-state index contributed by atoms with van der Waals surface area (Å²) >= 11 is 0. The third kappa shape index (κ3) is 3.96. The van der Waals surface area contributed by atoms with Crippen molar-refractivity contribution in [2.75, 3.05) is 11.9 Å². The Balaban J connectivity index is 1.85. The first-order chi connectivity index (χ1) is 9.66. The van der Waals surface area contributed by atoms with E-state index in [4.69, 9.17) is 4.42 Å². The number of hydrogen-bond donors (Lipinski definition) is 2.